The Morgan fingerprint density at radius 2 is 2.05 bits per heavy atom. The number of nitrogens with zero attached hydrogens (tertiary/aromatic N) is 1. The maximum absolute atomic E-state index is 6.02. The van der Waals surface area contributed by atoms with E-state index in [0.717, 1.165) is 32.0 Å². The molecule has 3 nitrogen and oxygen atoms in total. The highest BCUT2D eigenvalue weighted by atomic mass is 16.5. The lowest BCUT2D eigenvalue weighted by Gasteiger charge is -2.39. The molecule has 0 aliphatic carbocycles. The average Bonchev–Trinajstić information content (AvgIpc) is 2.50. The lowest BCUT2D eigenvalue weighted by atomic mass is 10.1. The predicted octanol–water partition coefficient (Wildman–Crippen LogP) is 3.14. The summed E-state index contributed by atoms with van der Waals surface area (Å²) in [4.78, 5) is 2.59. The maximum Gasteiger partial charge on any atom is 0.122 e. The highest BCUT2D eigenvalue weighted by Crippen LogP contribution is 2.19. The van der Waals surface area contributed by atoms with Gasteiger partial charge in [-0.15, -0.1) is 0 Å². The van der Waals surface area contributed by atoms with E-state index in [9.17, 15) is 0 Å². The molecule has 3 heteroatoms. The molecule has 1 N–H and O–H groups in total. The van der Waals surface area contributed by atoms with E-state index in [0.29, 0.717) is 12.1 Å². The number of hydrogen-bond donors (Lipinski definition) is 1. The summed E-state index contributed by atoms with van der Waals surface area (Å²) in [6.45, 7) is 12.8. The van der Waals surface area contributed by atoms with Crippen LogP contribution in [-0.2, 0) is 0 Å². The van der Waals surface area contributed by atoms with Gasteiger partial charge in [0.25, 0.3) is 0 Å². The molecule has 0 radical (unpaired) electrons. The first kappa shape index (κ1) is 16.3. The van der Waals surface area contributed by atoms with E-state index in [-0.39, 0.29) is 0 Å². The summed E-state index contributed by atoms with van der Waals surface area (Å²) in [5.41, 5.74) is 2.48. The number of ether oxygens (including phenoxy) is 1. The third kappa shape index (κ3) is 4.45. The summed E-state index contributed by atoms with van der Waals surface area (Å²) >= 11 is 0. The zero-order chi connectivity index (χ0) is 15.2. The Morgan fingerprint density at radius 1 is 1.24 bits per heavy atom. The van der Waals surface area contributed by atoms with Gasteiger partial charge < -0.3 is 10.1 Å². The molecular weight excluding hydrogens is 260 g/mol. The SMILES string of the molecule is CCC1CN(CCOc2cc(C)ccc2C)C(CC)CN1. The van der Waals surface area contributed by atoms with Crippen LogP contribution in [0.25, 0.3) is 0 Å². The van der Waals surface area contributed by atoms with Gasteiger partial charge in [-0.05, 0) is 43.9 Å². The smallest absolute Gasteiger partial charge is 0.122 e. The van der Waals surface area contributed by atoms with Crippen LogP contribution in [0.15, 0.2) is 18.2 Å². The predicted molar refractivity (Wildman–Crippen MR) is 89.1 cm³/mol. The molecule has 0 spiro atoms. The van der Waals surface area contributed by atoms with Gasteiger partial charge in [0, 0.05) is 31.7 Å². The van der Waals surface area contributed by atoms with Crippen LogP contribution in [0.2, 0.25) is 0 Å². The van der Waals surface area contributed by atoms with Crippen molar-refractivity contribution in [1.82, 2.24) is 10.2 Å². The second kappa shape index (κ2) is 7.81. The molecule has 1 aromatic carbocycles. The molecule has 0 bridgehead atoms. The molecule has 0 amide bonds. The molecule has 1 aliphatic heterocycles. The van der Waals surface area contributed by atoms with E-state index in [1.54, 1.807) is 0 Å². The summed E-state index contributed by atoms with van der Waals surface area (Å²) < 4.78 is 6.02. The van der Waals surface area contributed by atoms with Crippen molar-refractivity contribution in [1.29, 1.82) is 0 Å². The standard InChI is InChI=1S/C18H30N2O/c1-5-16-13-20(17(6-2)12-19-16)9-10-21-18-11-14(3)7-8-15(18)4/h7-8,11,16-17,19H,5-6,9-10,12-13H2,1-4H3. The average molecular weight is 290 g/mol. The zero-order valence-electron chi connectivity index (χ0n) is 14.0. The highest BCUT2D eigenvalue weighted by molar-refractivity contribution is 5.35. The van der Waals surface area contributed by atoms with E-state index < -0.39 is 0 Å². The van der Waals surface area contributed by atoms with Crippen LogP contribution in [0.5, 0.6) is 5.75 Å². The number of nitrogens with one attached hydrogen (secondary N) is 1. The molecule has 1 aromatic rings. The monoisotopic (exact) mass is 290 g/mol. The topological polar surface area (TPSA) is 24.5 Å². The molecular formula is C18H30N2O. The molecule has 2 unspecified atom stereocenters. The summed E-state index contributed by atoms with van der Waals surface area (Å²) in [5.74, 6) is 1.03. The molecule has 0 saturated carbocycles. The van der Waals surface area contributed by atoms with Crippen LogP contribution in [0.1, 0.15) is 37.8 Å². The van der Waals surface area contributed by atoms with E-state index in [4.69, 9.17) is 4.74 Å². The zero-order valence-corrected chi connectivity index (χ0v) is 14.0. The Bertz CT molecular complexity index is 447. The highest BCUT2D eigenvalue weighted by Gasteiger charge is 2.25. The molecule has 118 valence electrons. The fraction of sp³-hybridized carbons (Fsp3) is 0.667. The molecule has 21 heavy (non-hydrogen) atoms. The summed E-state index contributed by atoms with van der Waals surface area (Å²) in [6, 6.07) is 7.69. The Kier molecular flexibility index (Phi) is 6.07. The van der Waals surface area contributed by atoms with Crippen LogP contribution in [0.4, 0.5) is 0 Å². The van der Waals surface area contributed by atoms with Gasteiger partial charge in [-0.25, -0.2) is 0 Å². The van der Waals surface area contributed by atoms with Crippen molar-refractivity contribution in [3.8, 4) is 5.75 Å². The van der Waals surface area contributed by atoms with E-state index in [2.05, 4.69) is 56.1 Å². The van der Waals surface area contributed by atoms with E-state index in [1.165, 1.54) is 24.0 Å². The Labute approximate surface area is 129 Å². The minimum absolute atomic E-state index is 0.633. The molecule has 2 atom stereocenters. The number of aryl methyl sites for hydroxylation is 2. The third-order valence-corrected chi connectivity index (χ3v) is 4.56. The van der Waals surface area contributed by atoms with Gasteiger partial charge in [-0.1, -0.05) is 26.0 Å². The van der Waals surface area contributed by atoms with Crippen molar-refractivity contribution >= 4 is 0 Å². The minimum Gasteiger partial charge on any atom is -0.492 e. The van der Waals surface area contributed by atoms with Crippen LogP contribution in [-0.4, -0.2) is 43.2 Å². The molecule has 1 heterocycles. The lowest BCUT2D eigenvalue weighted by Crippen LogP contribution is -2.56. The maximum atomic E-state index is 6.02. The fourth-order valence-corrected chi connectivity index (χ4v) is 3.01. The summed E-state index contributed by atoms with van der Waals surface area (Å²) in [7, 11) is 0. The molecule has 1 fully saturated rings. The van der Waals surface area contributed by atoms with Gasteiger partial charge in [0.2, 0.25) is 0 Å². The molecule has 1 saturated heterocycles. The van der Waals surface area contributed by atoms with Crippen LogP contribution in [0, 0.1) is 13.8 Å². The van der Waals surface area contributed by atoms with Gasteiger partial charge in [0.05, 0.1) is 0 Å². The second-order valence-corrected chi connectivity index (χ2v) is 6.19. The molecule has 0 aromatic heterocycles. The molecule has 1 aliphatic rings. The van der Waals surface area contributed by atoms with E-state index >= 15 is 0 Å². The van der Waals surface area contributed by atoms with Gasteiger partial charge in [-0.3, -0.25) is 4.90 Å². The van der Waals surface area contributed by atoms with Crippen molar-refractivity contribution in [2.75, 3.05) is 26.2 Å². The molecule has 2 rings (SSSR count). The second-order valence-electron chi connectivity index (χ2n) is 6.19. The van der Waals surface area contributed by atoms with Crippen molar-refractivity contribution in [3.63, 3.8) is 0 Å². The first-order valence-electron chi connectivity index (χ1n) is 8.31. The van der Waals surface area contributed by atoms with Gasteiger partial charge in [-0.2, -0.15) is 0 Å². The number of piperazine rings is 1. The Balaban J connectivity index is 1.87. The van der Waals surface area contributed by atoms with E-state index in [1.807, 2.05) is 0 Å². The van der Waals surface area contributed by atoms with Crippen LogP contribution >= 0.6 is 0 Å². The number of benzene rings is 1. The first-order chi connectivity index (χ1) is 10.1. The third-order valence-electron chi connectivity index (χ3n) is 4.56. The normalized spacial score (nSPS) is 23.2. The van der Waals surface area contributed by atoms with Crippen molar-refractivity contribution in [2.24, 2.45) is 0 Å². The fourth-order valence-electron chi connectivity index (χ4n) is 3.01. The number of hydrogen-bond acceptors (Lipinski definition) is 3. The van der Waals surface area contributed by atoms with Gasteiger partial charge >= 0.3 is 0 Å². The van der Waals surface area contributed by atoms with Crippen molar-refractivity contribution < 1.29 is 4.74 Å². The minimum atomic E-state index is 0.633. The number of rotatable bonds is 6. The first-order valence-corrected chi connectivity index (χ1v) is 8.31. The largest absolute Gasteiger partial charge is 0.492 e. The quantitative estimate of drug-likeness (QED) is 0.871. The lowest BCUT2D eigenvalue weighted by molar-refractivity contribution is 0.105. The Morgan fingerprint density at radius 3 is 2.76 bits per heavy atom. The van der Waals surface area contributed by atoms with Gasteiger partial charge in [0.15, 0.2) is 0 Å². The van der Waals surface area contributed by atoms with Crippen LogP contribution < -0.4 is 10.1 Å². The van der Waals surface area contributed by atoms with Crippen molar-refractivity contribution in [3.05, 3.63) is 29.3 Å². The Hall–Kier alpha value is -1.06. The van der Waals surface area contributed by atoms with Crippen LogP contribution in [0.3, 0.4) is 0 Å². The summed E-state index contributed by atoms with van der Waals surface area (Å²) in [5, 5.41) is 3.64. The summed E-state index contributed by atoms with van der Waals surface area (Å²) in [6.07, 6.45) is 2.40. The van der Waals surface area contributed by atoms with Crippen molar-refractivity contribution in [2.45, 2.75) is 52.6 Å². The van der Waals surface area contributed by atoms with Gasteiger partial charge in [0.1, 0.15) is 12.4 Å².